The molecule has 2 atom stereocenters. The van der Waals surface area contributed by atoms with Crippen LogP contribution in [0.4, 0.5) is 11.4 Å². The number of rotatable bonds is 8. The zero-order chi connectivity index (χ0) is 27.4. The monoisotopic (exact) mass is 512 g/mol. The molecule has 2 aliphatic rings. The summed E-state index contributed by atoms with van der Waals surface area (Å²) in [5.41, 5.74) is 11.1. The van der Waals surface area contributed by atoms with E-state index in [1.807, 2.05) is 0 Å². The Balaban J connectivity index is 1.51. The summed E-state index contributed by atoms with van der Waals surface area (Å²) in [4.78, 5) is 4.88. The van der Waals surface area contributed by atoms with Gasteiger partial charge in [-0.2, -0.15) is 0 Å². The number of hydrogen-bond acceptors (Lipinski definition) is 2. The second kappa shape index (κ2) is 11.8. The second-order valence-corrected chi connectivity index (χ2v) is 10.8. The van der Waals surface area contributed by atoms with E-state index < -0.39 is 0 Å². The molecule has 2 heteroatoms. The Morgan fingerprint density at radius 2 is 1.64 bits per heavy atom. The van der Waals surface area contributed by atoms with Gasteiger partial charge in [-0.15, -0.1) is 0 Å². The molecule has 39 heavy (non-hydrogen) atoms. The van der Waals surface area contributed by atoms with Crippen LogP contribution >= 0.6 is 0 Å². The molecule has 3 aromatic carbocycles. The molecule has 3 aromatic rings. The third kappa shape index (κ3) is 5.71. The quantitative estimate of drug-likeness (QED) is 0.277. The molecular weight excluding hydrogens is 472 g/mol. The minimum Gasteiger partial charge on any atom is -0.339 e. The van der Waals surface area contributed by atoms with Crippen molar-refractivity contribution in [1.82, 2.24) is 0 Å². The van der Waals surface area contributed by atoms with Crippen LogP contribution in [0, 0.1) is 0 Å². The van der Waals surface area contributed by atoms with Gasteiger partial charge in [-0.25, -0.2) is 0 Å². The molecule has 0 saturated heterocycles. The Hall–Kier alpha value is -4.04. The molecule has 0 amide bonds. The van der Waals surface area contributed by atoms with E-state index in [1.54, 1.807) is 0 Å². The van der Waals surface area contributed by atoms with Gasteiger partial charge < -0.3 is 9.80 Å². The van der Waals surface area contributed by atoms with Crippen LogP contribution in [-0.2, 0) is 6.42 Å². The number of anilines is 2. The fraction of sp³-hybridized carbons (Fsp3) is 0.243. The van der Waals surface area contributed by atoms with Crippen molar-refractivity contribution < 1.29 is 0 Å². The SMILES string of the molecule is C=C(C1=CC=C(C)CC1)N1c2ccccc2C(N(C(=C)/C=C/c2ccc(CC)cc2)c2ccccc2)CC1C. The molecule has 1 aliphatic heterocycles. The van der Waals surface area contributed by atoms with Crippen molar-refractivity contribution in [2.24, 2.45) is 0 Å². The summed E-state index contributed by atoms with van der Waals surface area (Å²) in [5, 5.41) is 0. The van der Waals surface area contributed by atoms with Crippen molar-refractivity contribution in [2.45, 2.75) is 58.5 Å². The minimum atomic E-state index is 0.157. The fourth-order valence-electron chi connectivity index (χ4n) is 5.85. The standard InChI is InChI=1S/C37H40N2/c1-6-31-20-22-32(23-21-31)19-18-28(3)39(34-12-8-7-9-13-34)37-26-29(4)38(36-15-11-10-14-35(36)37)30(5)33-24-16-27(2)17-25-33/h7-16,18-24,29,37H,3,5-6,17,25-26H2,1-2,4H3/b19-18+. The zero-order valence-electron chi connectivity index (χ0n) is 23.6. The molecule has 0 radical (unpaired) electrons. The Kier molecular flexibility index (Phi) is 8.02. The molecule has 0 saturated carbocycles. The molecule has 1 aliphatic carbocycles. The van der Waals surface area contributed by atoms with Crippen molar-refractivity contribution in [2.75, 3.05) is 9.80 Å². The Morgan fingerprint density at radius 1 is 0.923 bits per heavy atom. The van der Waals surface area contributed by atoms with E-state index in [9.17, 15) is 0 Å². The largest absolute Gasteiger partial charge is 0.339 e. The first-order chi connectivity index (χ1) is 19.0. The van der Waals surface area contributed by atoms with Gasteiger partial charge in [-0.1, -0.05) is 105 Å². The van der Waals surface area contributed by atoms with Gasteiger partial charge in [0.1, 0.15) is 0 Å². The first kappa shape index (κ1) is 26.6. The highest BCUT2D eigenvalue weighted by Crippen LogP contribution is 2.46. The highest BCUT2D eigenvalue weighted by atomic mass is 15.2. The molecule has 0 bridgehead atoms. The Bertz CT molecular complexity index is 1420. The maximum absolute atomic E-state index is 4.60. The van der Waals surface area contributed by atoms with Crippen LogP contribution in [0.25, 0.3) is 6.08 Å². The van der Waals surface area contributed by atoms with Crippen LogP contribution < -0.4 is 9.80 Å². The van der Waals surface area contributed by atoms with Gasteiger partial charge in [-0.3, -0.25) is 0 Å². The van der Waals surface area contributed by atoms with E-state index in [1.165, 1.54) is 33.5 Å². The lowest BCUT2D eigenvalue weighted by Gasteiger charge is -2.46. The Labute approximate surface area is 235 Å². The van der Waals surface area contributed by atoms with E-state index in [2.05, 4.69) is 147 Å². The van der Waals surface area contributed by atoms with Crippen LogP contribution in [0.1, 0.15) is 62.8 Å². The first-order valence-electron chi connectivity index (χ1n) is 14.2. The van der Waals surface area contributed by atoms with Crippen LogP contribution in [-0.4, -0.2) is 6.04 Å². The summed E-state index contributed by atoms with van der Waals surface area (Å²) in [7, 11) is 0. The molecule has 0 spiro atoms. The summed E-state index contributed by atoms with van der Waals surface area (Å²) >= 11 is 0. The van der Waals surface area contributed by atoms with Crippen LogP contribution in [0.2, 0.25) is 0 Å². The number of hydrogen-bond donors (Lipinski definition) is 0. The minimum absolute atomic E-state index is 0.157. The number of aryl methyl sites for hydroxylation is 1. The van der Waals surface area contributed by atoms with Gasteiger partial charge in [0.25, 0.3) is 0 Å². The molecule has 5 rings (SSSR count). The number of nitrogens with zero attached hydrogens (tertiary/aromatic N) is 2. The van der Waals surface area contributed by atoms with Gasteiger partial charge in [0.05, 0.1) is 6.04 Å². The summed E-state index contributed by atoms with van der Waals surface area (Å²) in [6.07, 6.45) is 13.0. The van der Waals surface area contributed by atoms with Gasteiger partial charge in [0.15, 0.2) is 0 Å². The van der Waals surface area contributed by atoms with E-state index in [0.29, 0.717) is 0 Å². The molecule has 0 fully saturated rings. The average Bonchev–Trinajstić information content (AvgIpc) is 2.97. The molecule has 0 aromatic heterocycles. The normalized spacial score (nSPS) is 18.8. The lowest BCUT2D eigenvalue weighted by Crippen LogP contribution is -2.43. The van der Waals surface area contributed by atoms with Gasteiger partial charge in [-0.05, 0) is 86.1 Å². The number of para-hydroxylation sites is 2. The predicted molar refractivity (Wildman–Crippen MR) is 169 cm³/mol. The van der Waals surface area contributed by atoms with Crippen molar-refractivity contribution in [3.05, 3.63) is 149 Å². The maximum Gasteiger partial charge on any atom is 0.0631 e. The van der Waals surface area contributed by atoms with E-state index in [0.717, 1.165) is 42.8 Å². The molecule has 2 unspecified atom stereocenters. The van der Waals surface area contributed by atoms with Crippen molar-refractivity contribution in [3.63, 3.8) is 0 Å². The van der Waals surface area contributed by atoms with Gasteiger partial charge in [0, 0.05) is 28.8 Å². The van der Waals surface area contributed by atoms with Gasteiger partial charge >= 0.3 is 0 Å². The second-order valence-electron chi connectivity index (χ2n) is 10.8. The van der Waals surface area contributed by atoms with Crippen LogP contribution in [0.15, 0.2) is 133 Å². The molecule has 2 nitrogen and oxygen atoms in total. The van der Waals surface area contributed by atoms with Crippen LogP contribution in [0.5, 0.6) is 0 Å². The average molecular weight is 513 g/mol. The highest BCUT2D eigenvalue weighted by Gasteiger charge is 2.36. The number of allylic oxidation sites excluding steroid dienone is 5. The zero-order valence-corrected chi connectivity index (χ0v) is 23.6. The number of fused-ring (bicyclic) bond motifs is 1. The predicted octanol–water partition coefficient (Wildman–Crippen LogP) is 9.80. The van der Waals surface area contributed by atoms with E-state index >= 15 is 0 Å². The maximum atomic E-state index is 4.60. The first-order valence-corrected chi connectivity index (χ1v) is 14.2. The molecular formula is C37H40N2. The highest BCUT2D eigenvalue weighted by molar-refractivity contribution is 5.69. The fourth-order valence-corrected chi connectivity index (χ4v) is 5.85. The van der Waals surface area contributed by atoms with Crippen molar-refractivity contribution >= 4 is 17.5 Å². The van der Waals surface area contributed by atoms with E-state index in [4.69, 9.17) is 0 Å². The van der Waals surface area contributed by atoms with Crippen LogP contribution in [0.3, 0.4) is 0 Å². The number of benzene rings is 3. The topological polar surface area (TPSA) is 6.48 Å². The third-order valence-corrected chi connectivity index (χ3v) is 8.09. The molecule has 198 valence electrons. The summed E-state index contributed by atoms with van der Waals surface area (Å²) in [6, 6.07) is 28.7. The smallest absolute Gasteiger partial charge is 0.0631 e. The molecule has 0 N–H and O–H groups in total. The summed E-state index contributed by atoms with van der Waals surface area (Å²) < 4.78 is 0. The van der Waals surface area contributed by atoms with Crippen molar-refractivity contribution in [1.29, 1.82) is 0 Å². The lowest BCUT2D eigenvalue weighted by molar-refractivity contribution is 0.507. The Morgan fingerprint density at radius 3 is 2.33 bits per heavy atom. The third-order valence-electron chi connectivity index (χ3n) is 8.09. The summed E-state index contributed by atoms with van der Waals surface area (Å²) in [6.45, 7) is 15.9. The lowest BCUT2D eigenvalue weighted by atomic mass is 9.87. The summed E-state index contributed by atoms with van der Waals surface area (Å²) in [5.74, 6) is 0. The van der Waals surface area contributed by atoms with Gasteiger partial charge in [0.2, 0.25) is 0 Å². The van der Waals surface area contributed by atoms with E-state index in [-0.39, 0.29) is 12.1 Å². The van der Waals surface area contributed by atoms with Crippen molar-refractivity contribution in [3.8, 4) is 0 Å². The molecule has 1 heterocycles.